The third kappa shape index (κ3) is 3.82. The second-order valence-corrected chi connectivity index (χ2v) is 6.46. The van der Waals surface area contributed by atoms with Crippen LogP contribution in [0.4, 0.5) is 4.39 Å². The molecular formula is C18H28FN. The molecular weight excluding hydrogens is 249 g/mol. The molecule has 3 unspecified atom stereocenters. The van der Waals surface area contributed by atoms with Crippen LogP contribution in [0.3, 0.4) is 0 Å². The Morgan fingerprint density at radius 1 is 1.35 bits per heavy atom. The van der Waals surface area contributed by atoms with Crippen LogP contribution in [0.1, 0.15) is 63.1 Å². The Morgan fingerprint density at radius 3 is 2.85 bits per heavy atom. The van der Waals surface area contributed by atoms with Gasteiger partial charge in [0.1, 0.15) is 5.82 Å². The molecule has 2 rings (SSSR count). The topological polar surface area (TPSA) is 12.0 Å². The van der Waals surface area contributed by atoms with Gasteiger partial charge in [0.25, 0.3) is 0 Å². The summed E-state index contributed by atoms with van der Waals surface area (Å²) < 4.78 is 13.6. The first-order valence-electron chi connectivity index (χ1n) is 8.11. The summed E-state index contributed by atoms with van der Waals surface area (Å²) in [6.07, 6.45) is 6.30. The van der Waals surface area contributed by atoms with Gasteiger partial charge in [0.2, 0.25) is 0 Å². The predicted molar refractivity (Wildman–Crippen MR) is 83.3 cm³/mol. The van der Waals surface area contributed by atoms with Gasteiger partial charge >= 0.3 is 0 Å². The third-order valence-corrected chi connectivity index (χ3v) is 4.64. The maximum absolute atomic E-state index is 13.6. The first-order chi connectivity index (χ1) is 9.61. The van der Waals surface area contributed by atoms with E-state index in [2.05, 4.69) is 26.1 Å². The molecule has 1 nitrogen and oxygen atoms in total. The van der Waals surface area contributed by atoms with E-state index in [0.29, 0.717) is 12.0 Å². The van der Waals surface area contributed by atoms with Gasteiger partial charge in [-0.3, -0.25) is 0 Å². The van der Waals surface area contributed by atoms with Crippen LogP contribution in [-0.4, -0.2) is 6.54 Å². The zero-order valence-electron chi connectivity index (χ0n) is 13.1. The summed E-state index contributed by atoms with van der Waals surface area (Å²) in [6.45, 7) is 7.64. The van der Waals surface area contributed by atoms with Gasteiger partial charge in [-0.25, -0.2) is 4.39 Å². The predicted octanol–water partition coefficient (Wildman–Crippen LogP) is 5.00. The molecule has 0 aromatic heterocycles. The van der Waals surface area contributed by atoms with Crippen LogP contribution in [0.5, 0.6) is 0 Å². The quantitative estimate of drug-likeness (QED) is 0.798. The standard InChI is InChI=1S/C18H28FN/c1-4-10-20-18(15-7-5-6-13(2)11-15)17-12-16(19)9-8-14(17)3/h8-9,12-13,15,18,20H,4-7,10-11H2,1-3H3. The van der Waals surface area contributed by atoms with E-state index in [9.17, 15) is 4.39 Å². The van der Waals surface area contributed by atoms with Gasteiger partial charge in [-0.05, 0) is 67.8 Å². The molecule has 0 spiro atoms. The fourth-order valence-corrected chi connectivity index (χ4v) is 3.56. The average Bonchev–Trinajstić information content (AvgIpc) is 2.43. The van der Waals surface area contributed by atoms with Gasteiger partial charge < -0.3 is 5.32 Å². The van der Waals surface area contributed by atoms with Crippen molar-refractivity contribution in [2.45, 2.75) is 58.9 Å². The van der Waals surface area contributed by atoms with Crippen LogP contribution in [-0.2, 0) is 0 Å². The summed E-state index contributed by atoms with van der Waals surface area (Å²) in [5.74, 6) is 1.33. The molecule has 1 fully saturated rings. The van der Waals surface area contributed by atoms with E-state index in [1.165, 1.54) is 31.2 Å². The molecule has 0 aliphatic heterocycles. The number of benzene rings is 1. The second-order valence-electron chi connectivity index (χ2n) is 6.46. The first kappa shape index (κ1) is 15.5. The van der Waals surface area contributed by atoms with Gasteiger partial charge in [0.05, 0.1) is 0 Å². The number of rotatable bonds is 5. The molecule has 0 amide bonds. The van der Waals surface area contributed by atoms with E-state index in [-0.39, 0.29) is 5.82 Å². The van der Waals surface area contributed by atoms with E-state index in [4.69, 9.17) is 0 Å². The van der Waals surface area contributed by atoms with E-state index in [1.54, 1.807) is 12.1 Å². The number of hydrogen-bond donors (Lipinski definition) is 1. The van der Waals surface area contributed by atoms with Crippen molar-refractivity contribution >= 4 is 0 Å². The smallest absolute Gasteiger partial charge is 0.123 e. The minimum absolute atomic E-state index is 0.113. The van der Waals surface area contributed by atoms with Crippen LogP contribution in [0.2, 0.25) is 0 Å². The van der Waals surface area contributed by atoms with Crippen LogP contribution >= 0.6 is 0 Å². The number of aryl methyl sites for hydroxylation is 1. The van der Waals surface area contributed by atoms with E-state index in [1.807, 2.05) is 6.07 Å². The molecule has 1 aliphatic rings. The lowest BCUT2D eigenvalue weighted by molar-refractivity contribution is 0.223. The fourth-order valence-electron chi connectivity index (χ4n) is 3.56. The van der Waals surface area contributed by atoms with Gasteiger partial charge in [-0.1, -0.05) is 32.8 Å². The highest BCUT2D eigenvalue weighted by Crippen LogP contribution is 2.38. The van der Waals surface area contributed by atoms with Gasteiger partial charge in [-0.15, -0.1) is 0 Å². The van der Waals surface area contributed by atoms with Gasteiger partial charge in [0, 0.05) is 6.04 Å². The molecule has 3 atom stereocenters. The Hall–Kier alpha value is -0.890. The Labute approximate surface area is 123 Å². The van der Waals surface area contributed by atoms with E-state index < -0.39 is 0 Å². The van der Waals surface area contributed by atoms with Crippen LogP contribution < -0.4 is 5.32 Å². The minimum Gasteiger partial charge on any atom is -0.310 e. The Balaban J connectivity index is 2.23. The zero-order chi connectivity index (χ0) is 14.5. The second kappa shape index (κ2) is 7.21. The SMILES string of the molecule is CCCNC(c1cc(F)ccc1C)C1CCCC(C)C1. The van der Waals surface area contributed by atoms with Crippen molar-refractivity contribution in [3.05, 3.63) is 35.1 Å². The largest absolute Gasteiger partial charge is 0.310 e. The highest BCUT2D eigenvalue weighted by molar-refractivity contribution is 5.30. The minimum atomic E-state index is -0.113. The van der Waals surface area contributed by atoms with Crippen molar-refractivity contribution < 1.29 is 4.39 Å². The van der Waals surface area contributed by atoms with Crippen molar-refractivity contribution in [3.8, 4) is 0 Å². The molecule has 2 heteroatoms. The maximum Gasteiger partial charge on any atom is 0.123 e. The number of halogens is 1. The molecule has 1 aromatic rings. The monoisotopic (exact) mass is 277 g/mol. The van der Waals surface area contributed by atoms with Crippen LogP contribution in [0.25, 0.3) is 0 Å². The van der Waals surface area contributed by atoms with Gasteiger partial charge in [-0.2, -0.15) is 0 Å². The molecule has 20 heavy (non-hydrogen) atoms. The Bertz CT molecular complexity index is 429. The van der Waals surface area contributed by atoms with E-state index in [0.717, 1.165) is 24.4 Å². The fraction of sp³-hybridized carbons (Fsp3) is 0.667. The van der Waals surface area contributed by atoms with Crippen molar-refractivity contribution in [1.82, 2.24) is 5.32 Å². The molecule has 1 aliphatic carbocycles. The molecule has 112 valence electrons. The molecule has 0 saturated heterocycles. The molecule has 1 N–H and O–H groups in total. The van der Waals surface area contributed by atoms with Crippen molar-refractivity contribution in [2.75, 3.05) is 6.54 Å². The lowest BCUT2D eigenvalue weighted by Gasteiger charge is -2.35. The highest BCUT2D eigenvalue weighted by atomic mass is 19.1. The number of nitrogens with one attached hydrogen (secondary N) is 1. The first-order valence-corrected chi connectivity index (χ1v) is 8.11. The summed E-state index contributed by atoms with van der Waals surface area (Å²) in [4.78, 5) is 0. The zero-order valence-corrected chi connectivity index (χ0v) is 13.1. The van der Waals surface area contributed by atoms with Crippen LogP contribution in [0, 0.1) is 24.6 Å². The molecule has 0 bridgehead atoms. The summed E-state index contributed by atoms with van der Waals surface area (Å²) in [7, 11) is 0. The van der Waals surface area contributed by atoms with Crippen molar-refractivity contribution in [3.63, 3.8) is 0 Å². The molecule has 0 heterocycles. The lowest BCUT2D eigenvalue weighted by atomic mass is 9.76. The lowest BCUT2D eigenvalue weighted by Crippen LogP contribution is -2.32. The summed E-state index contributed by atoms with van der Waals surface area (Å²) in [5.41, 5.74) is 2.37. The summed E-state index contributed by atoms with van der Waals surface area (Å²) >= 11 is 0. The molecule has 0 radical (unpaired) electrons. The Kier molecular flexibility index (Phi) is 5.59. The van der Waals surface area contributed by atoms with E-state index >= 15 is 0 Å². The average molecular weight is 277 g/mol. The van der Waals surface area contributed by atoms with Crippen molar-refractivity contribution in [1.29, 1.82) is 0 Å². The molecule has 1 saturated carbocycles. The van der Waals surface area contributed by atoms with Gasteiger partial charge in [0.15, 0.2) is 0 Å². The van der Waals surface area contributed by atoms with Crippen LogP contribution in [0.15, 0.2) is 18.2 Å². The summed E-state index contributed by atoms with van der Waals surface area (Å²) in [6, 6.07) is 5.53. The maximum atomic E-state index is 13.6. The van der Waals surface area contributed by atoms with Crippen molar-refractivity contribution in [2.24, 2.45) is 11.8 Å². The molecule has 1 aromatic carbocycles. The summed E-state index contributed by atoms with van der Waals surface area (Å²) in [5, 5.41) is 3.68. The number of hydrogen-bond acceptors (Lipinski definition) is 1. The third-order valence-electron chi connectivity index (χ3n) is 4.64. The highest BCUT2D eigenvalue weighted by Gasteiger charge is 2.28. The normalized spacial score (nSPS) is 24.6. The Morgan fingerprint density at radius 2 is 2.15 bits per heavy atom.